The fourth-order valence-corrected chi connectivity index (χ4v) is 4.72. The van der Waals surface area contributed by atoms with Gasteiger partial charge in [0.15, 0.2) is 0 Å². The number of rotatable bonds is 2. The summed E-state index contributed by atoms with van der Waals surface area (Å²) >= 11 is 0. The number of nitrogens with one attached hydrogen (secondary N) is 1. The number of nitrogens with zero attached hydrogens (tertiary/aromatic N) is 2. The average molecular weight is 398 g/mol. The smallest absolute Gasteiger partial charge is 0.290 e. The first-order valence-electron chi connectivity index (χ1n) is 10.8. The molecule has 0 spiro atoms. The number of ether oxygens (including phenoxy) is 1. The Labute approximate surface area is 178 Å². The van der Waals surface area contributed by atoms with Gasteiger partial charge in [0, 0.05) is 24.5 Å². The van der Waals surface area contributed by atoms with Crippen molar-refractivity contribution in [3.63, 3.8) is 0 Å². The van der Waals surface area contributed by atoms with E-state index in [0.29, 0.717) is 6.04 Å². The molecule has 152 valence electrons. The summed E-state index contributed by atoms with van der Waals surface area (Å²) in [6, 6.07) is 27.8. The maximum atomic E-state index is 8.54. The number of anilines is 2. The highest BCUT2D eigenvalue weighted by molar-refractivity contribution is 5.75. The zero-order chi connectivity index (χ0) is 20.3. The van der Waals surface area contributed by atoms with Crippen molar-refractivity contribution in [3.8, 4) is 5.75 Å². The Morgan fingerprint density at radius 3 is 2.07 bits per heavy atom. The monoisotopic (exact) mass is 397 g/mol. The van der Waals surface area contributed by atoms with E-state index >= 15 is 0 Å². The Hall–Kier alpha value is -3.27. The minimum absolute atomic E-state index is 0.238. The van der Waals surface area contributed by atoms with Crippen molar-refractivity contribution in [2.75, 3.05) is 18.0 Å². The van der Waals surface area contributed by atoms with E-state index in [2.05, 4.69) is 58.3 Å². The van der Waals surface area contributed by atoms with Crippen molar-refractivity contribution in [1.29, 1.82) is 5.41 Å². The highest BCUT2D eigenvalue weighted by Crippen LogP contribution is 2.39. The van der Waals surface area contributed by atoms with E-state index in [-0.39, 0.29) is 6.02 Å². The predicted molar refractivity (Wildman–Crippen MR) is 122 cm³/mol. The van der Waals surface area contributed by atoms with E-state index in [0.717, 1.165) is 44.5 Å². The number of para-hydroxylation sites is 3. The number of aryl methyl sites for hydroxylation is 2. The second-order valence-corrected chi connectivity index (χ2v) is 8.09. The lowest BCUT2D eigenvalue weighted by Crippen LogP contribution is -2.49. The first kappa shape index (κ1) is 18.7. The molecule has 4 nitrogen and oxygen atoms in total. The number of amidine groups is 1. The largest absolute Gasteiger partial charge is 0.426 e. The molecular weight excluding hydrogens is 370 g/mol. The van der Waals surface area contributed by atoms with Gasteiger partial charge in [0.05, 0.1) is 6.04 Å². The van der Waals surface area contributed by atoms with E-state index in [1.165, 1.54) is 22.5 Å². The van der Waals surface area contributed by atoms with E-state index in [9.17, 15) is 0 Å². The molecule has 0 amide bonds. The van der Waals surface area contributed by atoms with Crippen molar-refractivity contribution in [2.45, 2.75) is 31.7 Å². The van der Waals surface area contributed by atoms with Crippen LogP contribution in [0.25, 0.3) is 0 Å². The SMILES string of the molecule is N=C(Oc1ccccc1)N1CCCC(N2c3ccccc3CCc3ccccc32)C1. The van der Waals surface area contributed by atoms with Gasteiger partial charge < -0.3 is 14.5 Å². The van der Waals surface area contributed by atoms with Crippen molar-refractivity contribution < 1.29 is 4.74 Å². The van der Waals surface area contributed by atoms with Crippen LogP contribution in [0.4, 0.5) is 11.4 Å². The molecule has 1 unspecified atom stereocenters. The molecule has 0 bridgehead atoms. The maximum Gasteiger partial charge on any atom is 0.290 e. The normalized spacial score (nSPS) is 18.2. The van der Waals surface area contributed by atoms with Crippen molar-refractivity contribution in [2.24, 2.45) is 0 Å². The number of hydrogen-bond acceptors (Lipinski definition) is 3. The fraction of sp³-hybridized carbons (Fsp3) is 0.269. The highest BCUT2D eigenvalue weighted by atomic mass is 16.5. The molecule has 2 heterocycles. The van der Waals surface area contributed by atoms with Crippen LogP contribution in [0, 0.1) is 5.41 Å². The van der Waals surface area contributed by atoms with Gasteiger partial charge in [-0.3, -0.25) is 5.41 Å². The van der Waals surface area contributed by atoms with Crippen LogP contribution in [-0.4, -0.2) is 30.1 Å². The summed E-state index contributed by atoms with van der Waals surface area (Å²) in [5.41, 5.74) is 5.43. The van der Waals surface area contributed by atoms with Crippen LogP contribution in [0.2, 0.25) is 0 Å². The van der Waals surface area contributed by atoms with Crippen molar-refractivity contribution in [1.82, 2.24) is 4.90 Å². The Morgan fingerprint density at radius 1 is 0.800 bits per heavy atom. The maximum absolute atomic E-state index is 8.54. The average Bonchev–Trinajstić information content (AvgIpc) is 2.97. The van der Waals surface area contributed by atoms with Crippen LogP contribution < -0.4 is 9.64 Å². The Bertz CT molecular complexity index is 986. The molecule has 30 heavy (non-hydrogen) atoms. The number of fused-ring (bicyclic) bond motifs is 2. The lowest BCUT2D eigenvalue weighted by atomic mass is 10.0. The molecule has 5 rings (SSSR count). The molecule has 0 saturated carbocycles. The van der Waals surface area contributed by atoms with Crippen LogP contribution >= 0.6 is 0 Å². The van der Waals surface area contributed by atoms with Gasteiger partial charge in [0.2, 0.25) is 0 Å². The van der Waals surface area contributed by atoms with Gasteiger partial charge >= 0.3 is 0 Å². The molecule has 1 saturated heterocycles. The van der Waals surface area contributed by atoms with Crippen molar-refractivity contribution >= 4 is 17.4 Å². The zero-order valence-electron chi connectivity index (χ0n) is 17.1. The molecule has 1 atom stereocenters. The minimum Gasteiger partial charge on any atom is -0.426 e. The molecule has 2 aliphatic rings. The lowest BCUT2D eigenvalue weighted by molar-refractivity contribution is 0.264. The van der Waals surface area contributed by atoms with Gasteiger partial charge in [-0.25, -0.2) is 0 Å². The summed E-state index contributed by atoms with van der Waals surface area (Å²) in [5.74, 6) is 0.718. The van der Waals surface area contributed by atoms with Gasteiger partial charge in [-0.1, -0.05) is 54.6 Å². The molecule has 0 aliphatic carbocycles. The van der Waals surface area contributed by atoms with Gasteiger partial charge in [0.1, 0.15) is 5.75 Å². The fourth-order valence-electron chi connectivity index (χ4n) is 4.72. The Balaban J connectivity index is 1.44. The summed E-state index contributed by atoms with van der Waals surface area (Å²) in [6.45, 7) is 1.65. The topological polar surface area (TPSA) is 39.6 Å². The van der Waals surface area contributed by atoms with E-state index in [1.807, 2.05) is 30.3 Å². The zero-order valence-corrected chi connectivity index (χ0v) is 17.1. The lowest BCUT2D eigenvalue weighted by Gasteiger charge is -2.41. The Kier molecular flexibility index (Phi) is 5.14. The van der Waals surface area contributed by atoms with Crippen molar-refractivity contribution in [3.05, 3.63) is 90.0 Å². The minimum atomic E-state index is 0.238. The molecule has 0 aromatic heterocycles. The quantitative estimate of drug-likeness (QED) is 0.465. The molecule has 2 aliphatic heterocycles. The molecule has 0 radical (unpaired) electrons. The number of benzene rings is 3. The predicted octanol–water partition coefficient (Wildman–Crippen LogP) is 5.40. The Morgan fingerprint density at radius 2 is 1.40 bits per heavy atom. The van der Waals surface area contributed by atoms with E-state index in [4.69, 9.17) is 10.1 Å². The third-order valence-corrected chi connectivity index (χ3v) is 6.17. The number of hydrogen-bond donors (Lipinski definition) is 1. The first-order chi connectivity index (χ1) is 14.8. The van der Waals surface area contributed by atoms with Crippen LogP contribution in [-0.2, 0) is 12.8 Å². The summed E-state index contributed by atoms with van der Waals surface area (Å²) in [5, 5.41) is 8.54. The van der Waals surface area contributed by atoms with Crippen LogP contribution in [0.5, 0.6) is 5.75 Å². The van der Waals surface area contributed by atoms with E-state index < -0.39 is 0 Å². The molecule has 3 aromatic carbocycles. The van der Waals surface area contributed by atoms with Gasteiger partial charge in [-0.05, 0) is 61.1 Å². The first-order valence-corrected chi connectivity index (χ1v) is 10.8. The summed E-state index contributed by atoms with van der Waals surface area (Å²) in [4.78, 5) is 4.61. The molecule has 3 aromatic rings. The summed E-state index contributed by atoms with van der Waals surface area (Å²) in [6.07, 6.45) is 4.28. The van der Waals surface area contributed by atoms with Gasteiger partial charge in [0.25, 0.3) is 6.02 Å². The standard InChI is InChI=1S/C26H27N3O/c27-26(30-23-12-2-1-3-13-23)28-18-8-11-22(19-28)29-24-14-6-4-9-20(24)16-17-21-10-5-7-15-25(21)29/h1-7,9-10,12-15,22,27H,8,11,16-19H2. The highest BCUT2D eigenvalue weighted by Gasteiger charge is 2.31. The van der Waals surface area contributed by atoms with Crippen LogP contribution in [0.3, 0.4) is 0 Å². The van der Waals surface area contributed by atoms with Crippen LogP contribution in [0.1, 0.15) is 24.0 Å². The summed E-state index contributed by atoms with van der Waals surface area (Å²) < 4.78 is 5.84. The van der Waals surface area contributed by atoms with Gasteiger partial charge in [-0.15, -0.1) is 0 Å². The summed E-state index contributed by atoms with van der Waals surface area (Å²) in [7, 11) is 0. The second kappa shape index (κ2) is 8.23. The third-order valence-electron chi connectivity index (χ3n) is 6.17. The molecule has 4 heteroatoms. The molecular formula is C26H27N3O. The third kappa shape index (κ3) is 3.65. The van der Waals surface area contributed by atoms with Gasteiger partial charge in [-0.2, -0.15) is 0 Å². The molecule has 1 fully saturated rings. The second-order valence-electron chi connectivity index (χ2n) is 8.09. The number of piperidine rings is 1. The molecule has 1 N–H and O–H groups in total. The number of likely N-dealkylation sites (tertiary alicyclic amines) is 1. The van der Waals surface area contributed by atoms with E-state index in [1.54, 1.807) is 0 Å². The van der Waals surface area contributed by atoms with Crippen LogP contribution in [0.15, 0.2) is 78.9 Å².